The molecule has 2 heterocycles. The Bertz CT molecular complexity index is 310. The topological polar surface area (TPSA) is 38.1 Å². The first-order chi connectivity index (χ1) is 5.79. The average molecular weight is 230 g/mol. The maximum Gasteiger partial charge on any atom is 0.210 e. The number of imidazole rings is 1. The molecule has 0 aromatic carbocycles. The molecule has 1 aromatic rings. The number of halogens is 1. The van der Waals surface area contributed by atoms with Gasteiger partial charge in [-0.25, -0.2) is 4.98 Å². The van der Waals surface area contributed by atoms with Gasteiger partial charge in [-0.1, -0.05) is 0 Å². The molecule has 5 heteroatoms. The zero-order chi connectivity index (χ0) is 8.55. The standard InChI is InChI=1S/C7H8BrN3O/c8-6-3-11-2-1-10(5-12)4-7(11)9-6/h3,5H,1-2,4H2. The number of hydrogen-bond acceptors (Lipinski definition) is 2. The molecule has 0 aliphatic carbocycles. The summed E-state index contributed by atoms with van der Waals surface area (Å²) in [5, 5.41) is 0. The number of aromatic nitrogens is 2. The van der Waals surface area contributed by atoms with Crippen LogP contribution in [0.2, 0.25) is 0 Å². The largest absolute Gasteiger partial charge is 0.336 e. The van der Waals surface area contributed by atoms with Crippen LogP contribution in [0.4, 0.5) is 0 Å². The van der Waals surface area contributed by atoms with E-state index < -0.39 is 0 Å². The molecular formula is C7H8BrN3O. The summed E-state index contributed by atoms with van der Waals surface area (Å²) in [6.07, 6.45) is 2.81. The van der Waals surface area contributed by atoms with Gasteiger partial charge in [-0.3, -0.25) is 4.79 Å². The minimum absolute atomic E-state index is 0.620. The molecule has 1 amide bonds. The number of carbonyl (C=O) groups is 1. The fourth-order valence-corrected chi connectivity index (χ4v) is 1.78. The molecule has 0 spiro atoms. The molecule has 0 saturated heterocycles. The van der Waals surface area contributed by atoms with Crippen molar-refractivity contribution in [2.75, 3.05) is 6.54 Å². The molecule has 1 aliphatic heterocycles. The third-order valence-corrected chi connectivity index (χ3v) is 2.33. The number of fused-ring (bicyclic) bond motifs is 1. The predicted molar refractivity (Wildman–Crippen MR) is 46.4 cm³/mol. The SMILES string of the molecule is O=CN1CCn2cc(Br)nc2C1. The summed E-state index contributed by atoms with van der Waals surface area (Å²) in [4.78, 5) is 16.4. The Morgan fingerprint density at radius 2 is 2.42 bits per heavy atom. The van der Waals surface area contributed by atoms with Crippen LogP contribution in [0, 0.1) is 0 Å². The lowest BCUT2D eigenvalue weighted by Crippen LogP contribution is -2.32. The van der Waals surface area contributed by atoms with Gasteiger partial charge in [-0.05, 0) is 15.9 Å². The summed E-state index contributed by atoms with van der Waals surface area (Å²) in [6, 6.07) is 0. The van der Waals surface area contributed by atoms with Gasteiger partial charge in [0.2, 0.25) is 6.41 Å². The Morgan fingerprint density at radius 1 is 1.58 bits per heavy atom. The van der Waals surface area contributed by atoms with E-state index in [4.69, 9.17) is 0 Å². The molecule has 1 aliphatic rings. The van der Waals surface area contributed by atoms with Crippen LogP contribution >= 0.6 is 15.9 Å². The van der Waals surface area contributed by atoms with Crippen molar-refractivity contribution in [1.82, 2.24) is 14.5 Å². The molecule has 4 nitrogen and oxygen atoms in total. The predicted octanol–water partition coefficient (Wildman–Crippen LogP) is 0.618. The number of carbonyl (C=O) groups excluding carboxylic acids is 1. The lowest BCUT2D eigenvalue weighted by atomic mass is 10.4. The van der Waals surface area contributed by atoms with E-state index in [9.17, 15) is 4.79 Å². The third kappa shape index (κ3) is 1.24. The van der Waals surface area contributed by atoms with Crippen LogP contribution in [0.15, 0.2) is 10.8 Å². The second-order valence-electron chi connectivity index (χ2n) is 2.75. The molecule has 1 aromatic heterocycles. The van der Waals surface area contributed by atoms with Gasteiger partial charge in [0.25, 0.3) is 0 Å². The first-order valence-corrected chi connectivity index (χ1v) is 4.50. The molecule has 0 atom stereocenters. The summed E-state index contributed by atoms with van der Waals surface area (Å²) >= 11 is 3.30. The Labute approximate surface area is 78.3 Å². The zero-order valence-electron chi connectivity index (χ0n) is 6.40. The van der Waals surface area contributed by atoms with E-state index in [1.165, 1.54) is 0 Å². The van der Waals surface area contributed by atoms with E-state index in [0.29, 0.717) is 6.54 Å². The lowest BCUT2D eigenvalue weighted by Gasteiger charge is -2.23. The molecule has 0 N–H and O–H groups in total. The van der Waals surface area contributed by atoms with E-state index in [-0.39, 0.29) is 0 Å². The highest BCUT2D eigenvalue weighted by atomic mass is 79.9. The maximum atomic E-state index is 10.5. The van der Waals surface area contributed by atoms with Gasteiger partial charge in [-0.2, -0.15) is 0 Å². The van der Waals surface area contributed by atoms with Crippen LogP contribution in [0.1, 0.15) is 5.82 Å². The zero-order valence-corrected chi connectivity index (χ0v) is 7.99. The normalized spacial score (nSPS) is 15.9. The van der Waals surface area contributed by atoms with Gasteiger partial charge in [0.05, 0.1) is 6.54 Å². The Kier molecular flexibility index (Phi) is 1.88. The average Bonchev–Trinajstić information content (AvgIpc) is 2.43. The lowest BCUT2D eigenvalue weighted by molar-refractivity contribution is -0.119. The van der Waals surface area contributed by atoms with Gasteiger partial charge >= 0.3 is 0 Å². The molecular weight excluding hydrogens is 222 g/mol. The van der Waals surface area contributed by atoms with Crippen LogP contribution in [0.3, 0.4) is 0 Å². The Morgan fingerprint density at radius 3 is 3.17 bits per heavy atom. The molecule has 0 fully saturated rings. The van der Waals surface area contributed by atoms with Crippen LogP contribution in [-0.4, -0.2) is 27.4 Å². The maximum absolute atomic E-state index is 10.5. The van der Waals surface area contributed by atoms with Crippen molar-refractivity contribution in [1.29, 1.82) is 0 Å². The minimum Gasteiger partial charge on any atom is -0.336 e. The highest BCUT2D eigenvalue weighted by molar-refractivity contribution is 9.10. The van der Waals surface area contributed by atoms with E-state index in [1.54, 1.807) is 4.90 Å². The monoisotopic (exact) mass is 229 g/mol. The number of hydrogen-bond donors (Lipinski definition) is 0. The fraction of sp³-hybridized carbons (Fsp3) is 0.429. The molecule has 2 rings (SSSR count). The Balaban J connectivity index is 2.28. The molecule has 64 valence electrons. The smallest absolute Gasteiger partial charge is 0.210 e. The molecule has 0 radical (unpaired) electrons. The number of nitrogens with zero attached hydrogens (tertiary/aromatic N) is 3. The van der Waals surface area contributed by atoms with Gasteiger partial charge in [0.15, 0.2) is 0 Å². The summed E-state index contributed by atoms with van der Waals surface area (Å²) in [5.74, 6) is 0.945. The highest BCUT2D eigenvalue weighted by Crippen LogP contribution is 2.14. The van der Waals surface area contributed by atoms with Crippen molar-refractivity contribution < 1.29 is 4.79 Å². The van der Waals surface area contributed by atoms with Crippen molar-refractivity contribution >= 4 is 22.3 Å². The molecule has 0 saturated carbocycles. The third-order valence-electron chi connectivity index (χ3n) is 1.95. The molecule has 0 unspecified atom stereocenters. The molecule has 0 bridgehead atoms. The summed E-state index contributed by atoms with van der Waals surface area (Å²) in [7, 11) is 0. The number of rotatable bonds is 1. The minimum atomic E-state index is 0.620. The van der Waals surface area contributed by atoms with Gasteiger partial charge in [0, 0.05) is 19.3 Å². The Hall–Kier alpha value is -0.840. The van der Waals surface area contributed by atoms with Crippen molar-refractivity contribution in [3.05, 3.63) is 16.6 Å². The van der Waals surface area contributed by atoms with Gasteiger partial charge in [0.1, 0.15) is 10.4 Å². The second-order valence-corrected chi connectivity index (χ2v) is 3.56. The van der Waals surface area contributed by atoms with Gasteiger partial charge < -0.3 is 9.47 Å². The van der Waals surface area contributed by atoms with E-state index in [1.807, 2.05) is 6.20 Å². The quantitative estimate of drug-likeness (QED) is 0.663. The summed E-state index contributed by atoms with van der Waals surface area (Å²) in [5.41, 5.74) is 0. The van der Waals surface area contributed by atoms with Crippen molar-refractivity contribution in [2.24, 2.45) is 0 Å². The first-order valence-electron chi connectivity index (χ1n) is 3.70. The van der Waals surface area contributed by atoms with E-state index >= 15 is 0 Å². The highest BCUT2D eigenvalue weighted by Gasteiger charge is 2.15. The summed E-state index contributed by atoms with van der Waals surface area (Å²) < 4.78 is 2.90. The van der Waals surface area contributed by atoms with Crippen LogP contribution in [-0.2, 0) is 17.9 Å². The molecule has 12 heavy (non-hydrogen) atoms. The van der Waals surface area contributed by atoms with E-state index in [0.717, 1.165) is 29.9 Å². The number of amides is 1. The van der Waals surface area contributed by atoms with Crippen LogP contribution in [0.25, 0.3) is 0 Å². The van der Waals surface area contributed by atoms with Crippen molar-refractivity contribution in [2.45, 2.75) is 13.1 Å². The van der Waals surface area contributed by atoms with Crippen LogP contribution in [0.5, 0.6) is 0 Å². The van der Waals surface area contributed by atoms with Crippen LogP contribution < -0.4 is 0 Å². The summed E-state index contributed by atoms with van der Waals surface area (Å²) in [6.45, 7) is 2.24. The second kappa shape index (κ2) is 2.90. The first kappa shape index (κ1) is 7.79. The van der Waals surface area contributed by atoms with Crippen molar-refractivity contribution in [3.8, 4) is 0 Å². The van der Waals surface area contributed by atoms with Crippen molar-refractivity contribution in [3.63, 3.8) is 0 Å². The fourth-order valence-electron chi connectivity index (χ4n) is 1.33. The van der Waals surface area contributed by atoms with Gasteiger partial charge in [-0.15, -0.1) is 0 Å². The van der Waals surface area contributed by atoms with E-state index in [2.05, 4.69) is 25.5 Å².